The monoisotopic (exact) mass is 358 g/mol. The van der Waals surface area contributed by atoms with E-state index in [4.69, 9.17) is 14.2 Å². The van der Waals surface area contributed by atoms with Crippen molar-refractivity contribution in [1.82, 2.24) is 0 Å². The van der Waals surface area contributed by atoms with E-state index in [1.807, 2.05) is 0 Å². The van der Waals surface area contributed by atoms with E-state index in [-0.39, 0.29) is 5.92 Å². The van der Waals surface area contributed by atoms with Crippen LogP contribution in [0.15, 0.2) is 24.0 Å². The van der Waals surface area contributed by atoms with Crippen molar-refractivity contribution < 1.29 is 44.5 Å². The first-order valence-electron chi connectivity index (χ1n) is 8.02. The van der Waals surface area contributed by atoms with Crippen LogP contribution in [0.2, 0.25) is 0 Å². The van der Waals surface area contributed by atoms with E-state index in [0.717, 1.165) is 0 Å². The Morgan fingerprint density at radius 3 is 2.56 bits per heavy atom. The maximum Gasteiger partial charge on any atom is 0.208 e. The Labute approximate surface area is 143 Å². The summed E-state index contributed by atoms with van der Waals surface area (Å²) in [6, 6.07) is 0. The van der Waals surface area contributed by atoms with Gasteiger partial charge in [0.25, 0.3) is 0 Å². The van der Waals surface area contributed by atoms with Gasteiger partial charge < -0.3 is 39.7 Å². The molecule has 5 N–H and O–H groups in total. The lowest BCUT2D eigenvalue weighted by atomic mass is 9.86. The van der Waals surface area contributed by atoms with Crippen molar-refractivity contribution in [2.24, 2.45) is 11.8 Å². The van der Waals surface area contributed by atoms with Crippen LogP contribution in [0.3, 0.4) is 0 Å². The third-order valence-electron chi connectivity index (χ3n) is 5.08. The van der Waals surface area contributed by atoms with E-state index in [9.17, 15) is 30.3 Å². The number of allylic oxidation sites excluding steroid dienone is 1. The van der Waals surface area contributed by atoms with E-state index in [0.29, 0.717) is 23.9 Å². The molecule has 140 valence electrons. The van der Waals surface area contributed by atoms with Gasteiger partial charge in [-0.1, -0.05) is 6.58 Å². The molecule has 1 aliphatic carbocycles. The van der Waals surface area contributed by atoms with Gasteiger partial charge >= 0.3 is 0 Å². The normalized spacial score (nSPS) is 47.0. The number of hydrogen-bond donors (Lipinski definition) is 5. The third kappa shape index (κ3) is 3.13. The number of fused-ring (bicyclic) bond motifs is 1. The molecule has 2 fully saturated rings. The largest absolute Gasteiger partial charge is 0.471 e. The summed E-state index contributed by atoms with van der Waals surface area (Å²) in [7, 11) is 0. The molecule has 0 aromatic heterocycles. The first kappa shape index (κ1) is 18.5. The molecule has 2 aliphatic heterocycles. The van der Waals surface area contributed by atoms with Gasteiger partial charge in [-0.25, -0.2) is 0 Å². The van der Waals surface area contributed by atoms with Gasteiger partial charge in [0, 0.05) is 11.5 Å². The summed E-state index contributed by atoms with van der Waals surface area (Å²) in [6.07, 6.45) is -6.79. The number of aliphatic hydroxyl groups excluding tert-OH is 5. The molecule has 9 heteroatoms. The molecule has 3 rings (SSSR count). The Balaban J connectivity index is 1.79. The Kier molecular flexibility index (Phi) is 5.26. The molecule has 0 aromatic carbocycles. The topological polar surface area (TPSA) is 146 Å². The summed E-state index contributed by atoms with van der Waals surface area (Å²) in [4.78, 5) is 11.2. The Bertz CT molecular complexity index is 560. The number of aldehydes is 1. The molecule has 0 amide bonds. The Morgan fingerprint density at radius 2 is 1.92 bits per heavy atom. The van der Waals surface area contributed by atoms with Crippen LogP contribution >= 0.6 is 0 Å². The standard InChI is InChI=1S/C16H22O9/c1-6-9(19)2-8-7(3-17)5-23-15(11(6)8)25-16-14(22)13(21)12(20)10(4-18)24-16/h3,5,8-16,18-22H,1-2,4H2/t8-,9+,10+,11-,12+,13-,14-,15+,16-/m1/s1. The molecular formula is C16H22O9. The first-order chi connectivity index (χ1) is 11.9. The zero-order valence-electron chi connectivity index (χ0n) is 13.3. The van der Waals surface area contributed by atoms with Crippen molar-refractivity contribution in [1.29, 1.82) is 0 Å². The van der Waals surface area contributed by atoms with Crippen LogP contribution < -0.4 is 0 Å². The molecule has 0 radical (unpaired) electrons. The van der Waals surface area contributed by atoms with Gasteiger partial charge in [-0.05, 0) is 12.0 Å². The zero-order chi connectivity index (χ0) is 18.3. The predicted molar refractivity (Wildman–Crippen MR) is 80.6 cm³/mol. The second-order valence-corrected chi connectivity index (χ2v) is 6.53. The van der Waals surface area contributed by atoms with Crippen molar-refractivity contribution in [3.05, 3.63) is 24.0 Å². The number of ether oxygens (including phenoxy) is 3. The SMILES string of the molecule is C=C1[C@H]2[C@H](O[C@H]3O[C@@H](CO)[C@H](O)[C@@H](O)[C@H]3O)OC=C(C=O)[C@H]2C[C@@H]1O. The van der Waals surface area contributed by atoms with Gasteiger partial charge in [0.1, 0.15) is 30.7 Å². The second kappa shape index (κ2) is 7.12. The highest BCUT2D eigenvalue weighted by Gasteiger charge is 2.50. The Hall–Kier alpha value is -1.33. The highest BCUT2D eigenvalue weighted by atomic mass is 16.8. The summed E-state index contributed by atoms with van der Waals surface area (Å²) in [6.45, 7) is 3.24. The number of hydrogen-bond acceptors (Lipinski definition) is 9. The zero-order valence-corrected chi connectivity index (χ0v) is 13.3. The van der Waals surface area contributed by atoms with Gasteiger partial charge in [0.2, 0.25) is 6.29 Å². The van der Waals surface area contributed by atoms with Crippen molar-refractivity contribution in [2.75, 3.05) is 6.61 Å². The number of rotatable bonds is 4. The smallest absolute Gasteiger partial charge is 0.208 e. The molecule has 25 heavy (non-hydrogen) atoms. The molecule has 0 bridgehead atoms. The van der Waals surface area contributed by atoms with E-state index in [1.54, 1.807) is 0 Å². The molecule has 9 nitrogen and oxygen atoms in total. The van der Waals surface area contributed by atoms with Gasteiger partial charge in [-0.2, -0.15) is 0 Å². The van der Waals surface area contributed by atoms with Gasteiger partial charge in [0.05, 0.1) is 24.9 Å². The first-order valence-corrected chi connectivity index (χ1v) is 8.02. The highest BCUT2D eigenvalue weighted by Crippen LogP contribution is 2.46. The van der Waals surface area contributed by atoms with Crippen LogP contribution in [0.4, 0.5) is 0 Å². The van der Waals surface area contributed by atoms with Crippen LogP contribution in [0.25, 0.3) is 0 Å². The van der Waals surface area contributed by atoms with Crippen molar-refractivity contribution in [3.63, 3.8) is 0 Å². The molecule has 2 heterocycles. The minimum absolute atomic E-state index is 0.298. The summed E-state index contributed by atoms with van der Waals surface area (Å²) in [5.74, 6) is -0.879. The molecule has 3 aliphatic rings. The fourth-order valence-corrected chi connectivity index (χ4v) is 3.59. The van der Waals surface area contributed by atoms with Gasteiger partial charge in [-0.3, -0.25) is 4.79 Å². The van der Waals surface area contributed by atoms with Crippen LogP contribution in [-0.4, -0.2) is 81.5 Å². The van der Waals surface area contributed by atoms with E-state index in [2.05, 4.69) is 6.58 Å². The minimum Gasteiger partial charge on any atom is -0.471 e. The highest BCUT2D eigenvalue weighted by molar-refractivity contribution is 5.74. The van der Waals surface area contributed by atoms with Crippen LogP contribution in [-0.2, 0) is 19.0 Å². The van der Waals surface area contributed by atoms with E-state index >= 15 is 0 Å². The molecule has 1 saturated heterocycles. The number of aliphatic hydroxyl groups is 5. The lowest BCUT2D eigenvalue weighted by Crippen LogP contribution is -2.60. The lowest BCUT2D eigenvalue weighted by molar-refractivity contribution is -0.339. The van der Waals surface area contributed by atoms with Crippen LogP contribution in [0.1, 0.15) is 6.42 Å². The molecule has 0 unspecified atom stereocenters. The second-order valence-electron chi connectivity index (χ2n) is 6.53. The molecule has 0 aromatic rings. The van der Waals surface area contributed by atoms with Crippen molar-refractivity contribution in [2.45, 2.75) is 49.5 Å². The van der Waals surface area contributed by atoms with Crippen molar-refractivity contribution in [3.8, 4) is 0 Å². The number of carbonyl (C=O) groups excluding carboxylic acids is 1. The van der Waals surface area contributed by atoms with Gasteiger partial charge in [-0.15, -0.1) is 0 Å². The minimum atomic E-state index is -1.58. The summed E-state index contributed by atoms with van der Waals surface area (Å²) < 4.78 is 16.3. The summed E-state index contributed by atoms with van der Waals surface area (Å²) >= 11 is 0. The maximum absolute atomic E-state index is 11.2. The average Bonchev–Trinajstić information content (AvgIpc) is 2.91. The van der Waals surface area contributed by atoms with Crippen LogP contribution in [0.5, 0.6) is 0 Å². The molecular weight excluding hydrogens is 336 g/mol. The fourth-order valence-electron chi connectivity index (χ4n) is 3.59. The van der Waals surface area contributed by atoms with Gasteiger partial charge in [0.15, 0.2) is 6.29 Å². The third-order valence-corrected chi connectivity index (χ3v) is 5.08. The van der Waals surface area contributed by atoms with E-state index in [1.165, 1.54) is 6.26 Å². The van der Waals surface area contributed by atoms with Crippen LogP contribution in [0, 0.1) is 11.8 Å². The summed E-state index contributed by atoms with van der Waals surface area (Å²) in [5.41, 5.74) is 0.809. The van der Waals surface area contributed by atoms with E-state index < -0.39 is 55.6 Å². The average molecular weight is 358 g/mol. The number of carbonyl (C=O) groups is 1. The molecule has 1 saturated carbocycles. The molecule has 9 atom stereocenters. The summed E-state index contributed by atoms with van der Waals surface area (Å²) in [5, 5.41) is 49.0. The maximum atomic E-state index is 11.2. The molecule has 0 spiro atoms. The lowest BCUT2D eigenvalue weighted by Gasteiger charge is -2.42. The predicted octanol–water partition coefficient (Wildman–Crippen LogP) is -2.20. The fraction of sp³-hybridized carbons (Fsp3) is 0.688. The quantitative estimate of drug-likeness (QED) is 0.279. The Morgan fingerprint density at radius 1 is 1.20 bits per heavy atom. The van der Waals surface area contributed by atoms with Crippen molar-refractivity contribution >= 4 is 6.29 Å².